The molecule has 2 aromatic heterocycles. The molecule has 0 bridgehead atoms. The Bertz CT molecular complexity index is 1800. The molecule has 2 aliphatic rings. The number of allylic oxidation sites excluding steroid dienone is 1. The van der Waals surface area contributed by atoms with E-state index in [4.69, 9.17) is 30.2 Å². The van der Waals surface area contributed by atoms with Crippen LogP contribution in [0.3, 0.4) is 0 Å². The SMILES string of the molecule is CCOC(=O)C1=C(C)N=c2sc(=Cc3ccc(-c4cccc(Cl)c4)o3)c(=O)n2C1c1ccc2c(c1)OCO2. The average Bonchev–Trinajstić information content (AvgIpc) is 3.63. The maximum absolute atomic E-state index is 13.8. The summed E-state index contributed by atoms with van der Waals surface area (Å²) >= 11 is 7.34. The van der Waals surface area contributed by atoms with Gasteiger partial charge in [0.2, 0.25) is 6.79 Å². The van der Waals surface area contributed by atoms with Gasteiger partial charge in [-0.1, -0.05) is 41.1 Å². The summed E-state index contributed by atoms with van der Waals surface area (Å²) < 4.78 is 24.3. The Hall–Kier alpha value is -4.08. The molecule has 2 aliphatic heterocycles. The summed E-state index contributed by atoms with van der Waals surface area (Å²) in [5.41, 5.74) is 1.99. The zero-order valence-electron chi connectivity index (χ0n) is 20.4. The quantitative estimate of drug-likeness (QED) is 0.342. The lowest BCUT2D eigenvalue weighted by Gasteiger charge is -2.24. The van der Waals surface area contributed by atoms with E-state index in [1.54, 1.807) is 44.2 Å². The third-order valence-corrected chi connectivity index (χ3v) is 7.46. The summed E-state index contributed by atoms with van der Waals surface area (Å²) in [5, 5.41) is 0.602. The number of fused-ring (bicyclic) bond motifs is 2. The van der Waals surface area contributed by atoms with Crippen molar-refractivity contribution in [3.8, 4) is 22.8 Å². The fourth-order valence-corrected chi connectivity index (χ4v) is 5.76. The third kappa shape index (κ3) is 4.23. The Balaban J connectivity index is 1.48. The molecule has 0 spiro atoms. The Morgan fingerprint density at radius 1 is 1.18 bits per heavy atom. The summed E-state index contributed by atoms with van der Waals surface area (Å²) in [6.45, 7) is 3.79. The molecule has 1 atom stereocenters. The maximum atomic E-state index is 13.8. The molecular formula is C28H21ClN2O6S. The van der Waals surface area contributed by atoms with E-state index in [0.717, 1.165) is 5.56 Å². The number of hydrogen-bond acceptors (Lipinski definition) is 8. The zero-order valence-corrected chi connectivity index (χ0v) is 22.0. The van der Waals surface area contributed by atoms with E-state index in [9.17, 15) is 9.59 Å². The fraction of sp³-hybridized carbons (Fsp3) is 0.179. The van der Waals surface area contributed by atoms with E-state index in [2.05, 4.69) is 4.99 Å². The molecular weight excluding hydrogens is 528 g/mol. The highest BCUT2D eigenvalue weighted by Gasteiger charge is 2.34. The topological polar surface area (TPSA) is 92.3 Å². The highest BCUT2D eigenvalue weighted by molar-refractivity contribution is 7.07. The van der Waals surface area contributed by atoms with Crippen molar-refractivity contribution in [2.24, 2.45) is 4.99 Å². The van der Waals surface area contributed by atoms with E-state index in [1.807, 2.05) is 30.3 Å². The summed E-state index contributed by atoms with van der Waals surface area (Å²) in [6, 6.07) is 15.6. The number of esters is 1. The van der Waals surface area contributed by atoms with Gasteiger partial charge in [-0.25, -0.2) is 9.79 Å². The lowest BCUT2D eigenvalue weighted by atomic mass is 9.95. The lowest BCUT2D eigenvalue weighted by Crippen LogP contribution is -2.39. The van der Waals surface area contributed by atoms with Crippen molar-refractivity contribution in [3.05, 3.63) is 102 Å². The number of aromatic nitrogens is 1. The molecule has 0 radical (unpaired) electrons. The molecule has 2 aromatic carbocycles. The summed E-state index contributed by atoms with van der Waals surface area (Å²) in [7, 11) is 0. The van der Waals surface area contributed by atoms with E-state index in [0.29, 0.717) is 54.2 Å². The van der Waals surface area contributed by atoms with Crippen molar-refractivity contribution in [2.75, 3.05) is 13.4 Å². The van der Waals surface area contributed by atoms with Crippen LogP contribution in [0.1, 0.15) is 31.2 Å². The first-order valence-electron chi connectivity index (χ1n) is 11.9. The van der Waals surface area contributed by atoms with Crippen LogP contribution in [-0.2, 0) is 9.53 Å². The summed E-state index contributed by atoms with van der Waals surface area (Å²) in [5.74, 6) is 1.76. The number of carbonyl (C=O) groups is 1. The van der Waals surface area contributed by atoms with Crippen LogP contribution in [0.4, 0.5) is 0 Å². The Morgan fingerprint density at radius 2 is 2.03 bits per heavy atom. The first kappa shape index (κ1) is 24.3. The maximum Gasteiger partial charge on any atom is 0.338 e. The van der Waals surface area contributed by atoms with Crippen molar-refractivity contribution in [1.29, 1.82) is 0 Å². The number of carbonyl (C=O) groups excluding carboxylic acids is 1. The van der Waals surface area contributed by atoms with E-state index >= 15 is 0 Å². The minimum absolute atomic E-state index is 0.113. The number of hydrogen-bond donors (Lipinski definition) is 0. The molecule has 8 nitrogen and oxygen atoms in total. The molecule has 4 heterocycles. The molecule has 10 heteroatoms. The van der Waals surface area contributed by atoms with Crippen molar-refractivity contribution in [3.63, 3.8) is 0 Å². The van der Waals surface area contributed by atoms with Crippen molar-refractivity contribution in [1.82, 2.24) is 4.57 Å². The van der Waals surface area contributed by atoms with E-state index in [-0.39, 0.29) is 19.0 Å². The number of nitrogens with zero attached hydrogens (tertiary/aromatic N) is 2. The van der Waals surface area contributed by atoms with Crippen LogP contribution in [0.2, 0.25) is 5.02 Å². The van der Waals surface area contributed by atoms with Gasteiger partial charge in [0.25, 0.3) is 5.56 Å². The molecule has 0 amide bonds. The van der Waals surface area contributed by atoms with Gasteiger partial charge in [0.1, 0.15) is 11.5 Å². The fourth-order valence-electron chi connectivity index (χ4n) is 4.55. The van der Waals surface area contributed by atoms with Gasteiger partial charge in [-0.3, -0.25) is 9.36 Å². The van der Waals surface area contributed by atoms with Gasteiger partial charge in [-0.15, -0.1) is 0 Å². The van der Waals surface area contributed by atoms with Crippen LogP contribution in [-0.4, -0.2) is 23.9 Å². The van der Waals surface area contributed by atoms with Gasteiger partial charge in [-0.05, 0) is 55.8 Å². The van der Waals surface area contributed by atoms with Gasteiger partial charge in [0, 0.05) is 16.7 Å². The van der Waals surface area contributed by atoms with Crippen LogP contribution < -0.4 is 24.4 Å². The van der Waals surface area contributed by atoms with E-state index < -0.39 is 12.0 Å². The largest absolute Gasteiger partial charge is 0.463 e. The molecule has 0 N–H and O–H groups in total. The van der Waals surface area contributed by atoms with Gasteiger partial charge < -0.3 is 18.6 Å². The third-order valence-electron chi connectivity index (χ3n) is 6.24. The highest BCUT2D eigenvalue weighted by Crippen LogP contribution is 2.38. The first-order valence-corrected chi connectivity index (χ1v) is 13.1. The smallest absolute Gasteiger partial charge is 0.338 e. The van der Waals surface area contributed by atoms with Crippen molar-refractivity contribution in [2.45, 2.75) is 19.9 Å². The number of rotatable bonds is 5. The average molecular weight is 549 g/mol. The summed E-state index contributed by atoms with van der Waals surface area (Å²) in [4.78, 5) is 31.9. The van der Waals surface area contributed by atoms with Gasteiger partial charge in [-0.2, -0.15) is 0 Å². The Labute approximate surface area is 225 Å². The van der Waals surface area contributed by atoms with Gasteiger partial charge >= 0.3 is 5.97 Å². The molecule has 0 saturated heterocycles. The molecule has 38 heavy (non-hydrogen) atoms. The van der Waals surface area contributed by atoms with Gasteiger partial charge in [0.15, 0.2) is 16.3 Å². The Morgan fingerprint density at radius 3 is 2.84 bits per heavy atom. The summed E-state index contributed by atoms with van der Waals surface area (Å²) in [6.07, 6.45) is 1.68. The molecule has 1 unspecified atom stereocenters. The molecule has 0 saturated carbocycles. The molecule has 192 valence electrons. The van der Waals surface area contributed by atoms with Crippen LogP contribution in [0.25, 0.3) is 17.4 Å². The minimum atomic E-state index is -0.749. The standard InChI is InChI=1S/C28H21ClN2O6S/c1-3-34-27(33)24-15(2)30-28-31(25(24)17-7-9-21-22(12-17)36-14-35-21)26(32)23(38-28)13-19-8-10-20(37-19)16-5-4-6-18(29)11-16/h4-13,25H,3,14H2,1-2H3. The number of thiazole rings is 1. The molecule has 0 aliphatic carbocycles. The predicted molar refractivity (Wildman–Crippen MR) is 142 cm³/mol. The minimum Gasteiger partial charge on any atom is -0.463 e. The second kappa shape index (κ2) is 9.66. The van der Waals surface area contributed by atoms with Crippen LogP contribution >= 0.6 is 22.9 Å². The van der Waals surface area contributed by atoms with Crippen LogP contribution in [0, 0.1) is 0 Å². The number of benzene rings is 2. The molecule has 4 aromatic rings. The highest BCUT2D eigenvalue weighted by atomic mass is 35.5. The number of halogens is 1. The second-order valence-electron chi connectivity index (χ2n) is 8.63. The monoisotopic (exact) mass is 548 g/mol. The zero-order chi connectivity index (χ0) is 26.4. The number of furan rings is 1. The van der Waals surface area contributed by atoms with Crippen LogP contribution in [0.5, 0.6) is 11.5 Å². The van der Waals surface area contributed by atoms with Crippen molar-refractivity contribution >= 4 is 35.0 Å². The molecule has 6 rings (SSSR count). The van der Waals surface area contributed by atoms with Crippen molar-refractivity contribution < 1.29 is 23.4 Å². The van der Waals surface area contributed by atoms with Crippen LogP contribution in [0.15, 0.2) is 80.1 Å². The molecule has 0 fully saturated rings. The first-order chi connectivity index (χ1) is 18.4. The predicted octanol–water partition coefficient (Wildman–Crippen LogP) is 4.44. The van der Waals surface area contributed by atoms with E-state index in [1.165, 1.54) is 15.9 Å². The second-order valence-corrected chi connectivity index (χ2v) is 10.1. The van der Waals surface area contributed by atoms with Gasteiger partial charge in [0.05, 0.1) is 28.5 Å². The lowest BCUT2D eigenvalue weighted by molar-refractivity contribution is -0.139. The number of ether oxygens (including phenoxy) is 3. The Kier molecular flexibility index (Phi) is 6.17. The normalized spacial score (nSPS) is 16.4.